The van der Waals surface area contributed by atoms with Gasteiger partial charge in [0.2, 0.25) is 0 Å². The molecule has 0 spiro atoms. The average Bonchev–Trinajstić information content (AvgIpc) is 3.00. The smallest absolute Gasteiger partial charge is 0.364 e. The number of aliphatic carboxylic acids is 1. The van der Waals surface area contributed by atoms with E-state index in [4.69, 9.17) is 20.3 Å². The predicted octanol–water partition coefficient (Wildman–Crippen LogP) is -1.85. The van der Waals surface area contributed by atoms with E-state index >= 15 is 0 Å². The van der Waals surface area contributed by atoms with Gasteiger partial charge in [-0.3, -0.25) is 0 Å². The maximum atomic E-state index is 11.7. The number of carboxylic acid groups (broad SMARTS) is 1. The monoisotopic (exact) mass is 348 g/mol. The Bertz CT molecular complexity index is 425. The summed E-state index contributed by atoms with van der Waals surface area (Å²) in [6.07, 6.45) is -1.38. The van der Waals surface area contributed by atoms with Gasteiger partial charge in [-0.15, -0.1) is 0 Å². The lowest BCUT2D eigenvalue weighted by atomic mass is 9.94. The fourth-order valence-corrected chi connectivity index (χ4v) is 3.34. The van der Waals surface area contributed by atoms with Crippen LogP contribution in [0, 0.1) is 0 Å². The molecule has 140 valence electrons. The Morgan fingerprint density at radius 1 is 1.29 bits per heavy atom. The first-order chi connectivity index (χ1) is 11.4. The van der Waals surface area contributed by atoms with Gasteiger partial charge in [0.15, 0.2) is 0 Å². The summed E-state index contributed by atoms with van der Waals surface area (Å²) in [6.45, 7) is 0.402. The second-order valence-corrected chi connectivity index (χ2v) is 6.50. The summed E-state index contributed by atoms with van der Waals surface area (Å²) >= 11 is 0. The molecule has 0 saturated carbocycles. The summed E-state index contributed by atoms with van der Waals surface area (Å²) < 4.78 is 10.9. The van der Waals surface area contributed by atoms with Crippen LogP contribution in [-0.2, 0) is 14.3 Å². The number of rotatable bonds is 8. The van der Waals surface area contributed by atoms with E-state index in [1.165, 1.54) is 0 Å². The van der Waals surface area contributed by atoms with Crippen molar-refractivity contribution < 1.29 is 34.7 Å². The zero-order chi connectivity index (χ0) is 17.7. The van der Waals surface area contributed by atoms with Crippen molar-refractivity contribution >= 4 is 5.97 Å². The first-order valence-corrected chi connectivity index (χ1v) is 8.40. The van der Waals surface area contributed by atoms with Crippen molar-refractivity contribution in [2.75, 3.05) is 19.8 Å². The third-order valence-electron chi connectivity index (χ3n) is 4.76. The summed E-state index contributed by atoms with van der Waals surface area (Å²) in [5.41, 5.74) is 5.61. The van der Waals surface area contributed by atoms with Gasteiger partial charge in [-0.1, -0.05) is 0 Å². The zero-order valence-corrected chi connectivity index (χ0v) is 13.6. The van der Waals surface area contributed by atoms with Crippen molar-refractivity contribution in [3.05, 3.63) is 0 Å². The van der Waals surface area contributed by atoms with Crippen LogP contribution in [0.1, 0.15) is 32.1 Å². The fourth-order valence-electron chi connectivity index (χ4n) is 3.34. The maximum absolute atomic E-state index is 11.7. The predicted molar refractivity (Wildman–Crippen MR) is 83.1 cm³/mol. The Balaban J connectivity index is 1.93. The molecule has 24 heavy (non-hydrogen) atoms. The first kappa shape index (κ1) is 19.5. The number of carbonyl (C=O) groups is 1. The van der Waals surface area contributed by atoms with Crippen LogP contribution >= 0.6 is 0 Å². The molecular weight excluding hydrogens is 320 g/mol. The molecule has 0 aliphatic carbocycles. The van der Waals surface area contributed by atoms with Gasteiger partial charge < -0.3 is 41.0 Å². The van der Waals surface area contributed by atoms with E-state index in [0.29, 0.717) is 13.0 Å². The van der Waals surface area contributed by atoms with Gasteiger partial charge in [-0.25, -0.2) is 4.79 Å². The number of nitrogens with one attached hydrogen (secondary N) is 1. The first-order valence-electron chi connectivity index (χ1n) is 8.40. The Kier molecular flexibility index (Phi) is 6.93. The van der Waals surface area contributed by atoms with Gasteiger partial charge in [0.25, 0.3) is 5.79 Å². The second-order valence-electron chi connectivity index (χ2n) is 6.50. The largest absolute Gasteiger partial charge is 0.477 e. The summed E-state index contributed by atoms with van der Waals surface area (Å²) in [4.78, 5) is 11.7. The minimum atomic E-state index is -2.01. The van der Waals surface area contributed by atoms with Crippen LogP contribution in [0.4, 0.5) is 0 Å². The normalized spacial score (nSPS) is 39.9. The fraction of sp³-hybridized carbons (Fsp3) is 0.933. The quantitative estimate of drug-likeness (QED) is 0.296. The highest BCUT2D eigenvalue weighted by molar-refractivity contribution is 5.76. The molecule has 0 bridgehead atoms. The third kappa shape index (κ3) is 4.42. The highest BCUT2D eigenvalue weighted by Gasteiger charge is 2.52. The molecule has 0 aromatic rings. The molecule has 0 aromatic carbocycles. The SMILES string of the molecule is NCC1CCC(CCO[C@]2(C(=O)O)C[C@@H](O)[C@@H](O)C(CCO)O2)N1. The molecule has 2 saturated heterocycles. The lowest BCUT2D eigenvalue weighted by molar-refractivity contribution is -0.312. The van der Waals surface area contributed by atoms with Crippen LogP contribution in [-0.4, -0.2) is 82.3 Å². The Morgan fingerprint density at radius 2 is 2.00 bits per heavy atom. The van der Waals surface area contributed by atoms with Crippen molar-refractivity contribution in [2.24, 2.45) is 5.73 Å². The molecule has 9 nitrogen and oxygen atoms in total. The minimum absolute atomic E-state index is 0.0129. The Morgan fingerprint density at radius 3 is 2.58 bits per heavy atom. The molecule has 0 aromatic heterocycles. The Labute approximate surface area is 140 Å². The number of aliphatic hydroxyl groups is 3. The highest BCUT2D eigenvalue weighted by atomic mass is 16.7. The van der Waals surface area contributed by atoms with E-state index in [2.05, 4.69) is 5.32 Å². The summed E-state index contributed by atoms with van der Waals surface area (Å²) in [7, 11) is 0. The molecule has 0 amide bonds. The second kappa shape index (κ2) is 8.52. The molecule has 9 heteroatoms. The van der Waals surface area contributed by atoms with E-state index in [9.17, 15) is 20.1 Å². The van der Waals surface area contributed by atoms with E-state index in [-0.39, 0.29) is 38.1 Å². The van der Waals surface area contributed by atoms with E-state index in [1.807, 2.05) is 0 Å². The zero-order valence-electron chi connectivity index (χ0n) is 13.6. The van der Waals surface area contributed by atoms with Crippen LogP contribution in [0.3, 0.4) is 0 Å². The topological polar surface area (TPSA) is 154 Å². The van der Waals surface area contributed by atoms with Crippen LogP contribution in [0.25, 0.3) is 0 Å². The maximum Gasteiger partial charge on any atom is 0.364 e. The standard InChI is InChI=1S/C15H28N2O7/c16-8-10-2-1-9(17-10)4-6-23-15(14(21)22)7-11(19)13(20)12(24-15)3-5-18/h9-13,17-20H,1-8,16H2,(H,21,22)/t9?,10?,11-,12?,13-,15-/m1/s1. The van der Waals surface area contributed by atoms with Gasteiger partial charge in [0.1, 0.15) is 6.10 Å². The lowest BCUT2D eigenvalue weighted by Crippen LogP contribution is -2.59. The number of hydrogen-bond acceptors (Lipinski definition) is 8. The number of ether oxygens (including phenoxy) is 2. The van der Waals surface area contributed by atoms with Crippen molar-refractivity contribution in [2.45, 2.75) is 68.3 Å². The number of carboxylic acids is 1. The van der Waals surface area contributed by atoms with E-state index < -0.39 is 30.1 Å². The molecule has 0 radical (unpaired) electrons. The molecule has 2 heterocycles. The van der Waals surface area contributed by atoms with Crippen molar-refractivity contribution in [3.8, 4) is 0 Å². The lowest BCUT2D eigenvalue weighted by Gasteiger charge is -2.42. The van der Waals surface area contributed by atoms with Gasteiger partial charge in [-0.05, 0) is 25.7 Å². The van der Waals surface area contributed by atoms with Crippen LogP contribution < -0.4 is 11.1 Å². The van der Waals surface area contributed by atoms with Gasteiger partial charge in [0, 0.05) is 31.7 Å². The molecule has 2 aliphatic rings. The molecule has 6 atom stereocenters. The molecule has 2 fully saturated rings. The van der Waals surface area contributed by atoms with Crippen LogP contribution in [0.2, 0.25) is 0 Å². The molecule has 2 rings (SSSR count). The third-order valence-corrected chi connectivity index (χ3v) is 4.76. The number of hydrogen-bond donors (Lipinski definition) is 6. The molecule has 3 unspecified atom stereocenters. The summed E-state index contributed by atoms with van der Waals surface area (Å²) in [5.74, 6) is -3.36. The molecule has 2 aliphatic heterocycles. The summed E-state index contributed by atoms with van der Waals surface area (Å²) in [5, 5.41) is 41.7. The minimum Gasteiger partial charge on any atom is -0.477 e. The van der Waals surface area contributed by atoms with Crippen LogP contribution in [0.15, 0.2) is 0 Å². The van der Waals surface area contributed by atoms with Crippen molar-refractivity contribution in [3.63, 3.8) is 0 Å². The van der Waals surface area contributed by atoms with Crippen molar-refractivity contribution in [1.29, 1.82) is 0 Å². The van der Waals surface area contributed by atoms with Crippen molar-refractivity contribution in [1.82, 2.24) is 5.32 Å². The van der Waals surface area contributed by atoms with E-state index in [1.54, 1.807) is 0 Å². The molecular formula is C15H28N2O7. The number of aliphatic hydroxyl groups excluding tert-OH is 3. The highest BCUT2D eigenvalue weighted by Crippen LogP contribution is 2.33. The van der Waals surface area contributed by atoms with E-state index in [0.717, 1.165) is 12.8 Å². The Hall–Kier alpha value is -0.810. The average molecular weight is 348 g/mol. The summed E-state index contributed by atoms with van der Waals surface area (Å²) in [6, 6.07) is 0.483. The van der Waals surface area contributed by atoms with Gasteiger partial charge >= 0.3 is 5.97 Å². The number of nitrogens with two attached hydrogens (primary N) is 1. The van der Waals surface area contributed by atoms with Gasteiger partial charge in [-0.2, -0.15) is 0 Å². The van der Waals surface area contributed by atoms with Crippen LogP contribution in [0.5, 0.6) is 0 Å². The molecule has 7 N–H and O–H groups in total. The van der Waals surface area contributed by atoms with Gasteiger partial charge in [0.05, 0.1) is 18.8 Å².